The SMILES string of the molecule is CCC(CC)(CC)c1cc(C)c(O)c(C=NC2CCCCC2N=Cc2cc(C(CC)(CC)CC)cc(C)c2O)c1.[CH3-].[Co]. The minimum Gasteiger partial charge on any atom is -0.507 e. The molecule has 0 aliphatic heterocycles. The number of phenolic OH excluding ortho intramolecular Hbond substituents is 2. The summed E-state index contributed by atoms with van der Waals surface area (Å²) in [7, 11) is 0. The Labute approximate surface area is 267 Å². The molecule has 2 aromatic carbocycles. The molecule has 0 heterocycles. The molecule has 4 nitrogen and oxygen atoms in total. The number of nitrogens with zero attached hydrogens (tertiary/aromatic N) is 2. The Hall–Kier alpha value is -2.11. The minimum atomic E-state index is 0. The summed E-state index contributed by atoms with van der Waals surface area (Å²) in [5, 5.41) is 21.8. The molecule has 5 heteroatoms. The molecule has 237 valence electrons. The summed E-state index contributed by atoms with van der Waals surface area (Å²) in [4.78, 5) is 10.1. The zero-order chi connectivity index (χ0) is 29.5. The Bertz CT molecular complexity index is 1080. The molecule has 2 N–H and O–H groups in total. The smallest absolute Gasteiger partial charge is 0.127 e. The van der Waals surface area contributed by atoms with Crippen LogP contribution in [-0.4, -0.2) is 34.7 Å². The van der Waals surface area contributed by atoms with Gasteiger partial charge in [0.15, 0.2) is 0 Å². The van der Waals surface area contributed by atoms with E-state index in [1.165, 1.54) is 11.1 Å². The van der Waals surface area contributed by atoms with Crippen molar-refractivity contribution in [1.82, 2.24) is 0 Å². The van der Waals surface area contributed by atoms with Crippen LogP contribution >= 0.6 is 0 Å². The third-order valence-corrected chi connectivity index (χ3v) is 10.4. The van der Waals surface area contributed by atoms with Crippen LogP contribution in [0.2, 0.25) is 0 Å². The quantitative estimate of drug-likeness (QED) is 0.183. The van der Waals surface area contributed by atoms with E-state index in [2.05, 4.69) is 65.8 Å². The van der Waals surface area contributed by atoms with Crippen LogP contribution in [0.25, 0.3) is 0 Å². The Morgan fingerprint density at radius 2 is 0.952 bits per heavy atom. The van der Waals surface area contributed by atoms with Crippen molar-refractivity contribution in [2.75, 3.05) is 0 Å². The summed E-state index contributed by atoms with van der Waals surface area (Å²) in [6.45, 7) is 17.5. The standard InChI is InChI=1S/C36H54N2O2.CH3.Co/c1-9-35(10-2,11-3)29-19-25(7)33(39)27(21-29)23-37-31-17-15-16-18-32(31)38-24-28-22-30(20-26(8)34(28)40)36(12-4,13-5)14-6;;/h19-24,31-32,39-40H,9-18H2,1-8H3;1H3;/q;-1;. The van der Waals surface area contributed by atoms with Gasteiger partial charge in [-0.2, -0.15) is 0 Å². The largest absolute Gasteiger partial charge is 0.507 e. The van der Waals surface area contributed by atoms with Gasteiger partial charge in [-0.05, 0) is 110 Å². The minimum absolute atomic E-state index is 0. The molecule has 0 amide bonds. The van der Waals surface area contributed by atoms with Gasteiger partial charge in [-0.3, -0.25) is 9.98 Å². The Morgan fingerprint density at radius 1 is 0.643 bits per heavy atom. The molecule has 0 saturated heterocycles. The maximum absolute atomic E-state index is 10.9. The van der Waals surface area contributed by atoms with Crippen LogP contribution in [0.5, 0.6) is 11.5 Å². The van der Waals surface area contributed by atoms with E-state index in [1.807, 2.05) is 26.3 Å². The van der Waals surface area contributed by atoms with E-state index in [4.69, 9.17) is 9.98 Å². The normalized spacial score (nSPS) is 17.8. The number of aromatic hydroxyl groups is 2. The van der Waals surface area contributed by atoms with Gasteiger partial charge in [-0.15, -0.1) is 0 Å². The molecule has 2 aromatic rings. The van der Waals surface area contributed by atoms with E-state index >= 15 is 0 Å². The summed E-state index contributed by atoms with van der Waals surface area (Å²) in [6.07, 6.45) is 14.4. The molecule has 1 aliphatic rings. The van der Waals surface area contributed by atoms with Gasteiger partial charge in [-0.1, -0.05) is 66.5 Å². The second kappa shape index (κ2) is 16.7. The summed E-state index contributed by atoms with van der Waals surface area (Å²) in [6, 6.07) is 8.74. The number of phenols is 2. The first-order valence-electron chi connectivity index (χ1n) is 15.9. The molecule has 3 rings (SSSR count). The summed E-state index contributed by atoms with van der Waals surface area (Å²) < 4.78 is 0. The van der Waals surface area contributed by atoms with Gasteiger partial charge in [-0.25, -0.2) is 0 Å². The fourth-order valence-corrected chi connectivity index (χ4v) is 6.94. The van der Waals surface area contributed by atoms with E-state index in [0.29, 0.717) is 11.5 Å². The van der Waals surface area contributed by atoms with Crippen molar-refractivity contribution in [3.05, 3.63) is 65.1 Å². The van der Waals surface area contributed by atoms with E-state index < -0.39 is 0 Å². The fourth-order valence-electron chi connectivity index (χ4n) is 6.94. The van der Waals surface area contributed by atoms with Crippen molar-refractivity contribution in [3.63, 3.8) is 0 Å². The van der Waals surface area contributed by atoms with Gasteiger partial charge in [0.1, 0.15) is 11.5 Å². The molecule has 0 bridgehead atoms. The number of benzene rings is 2. The summed E-state index contributed by atoms with van der Waals surface area (Å²) >= 11 is 0. The molecule has 42 heavy (non-hydrogen) atoms. The predicted molar refractivity (Wildman–Crippen MR) is 178 cm³/mol. The first-order chi connectivity index (χ1) is 19.1. The number of hydrogen-bond acceptors (Lipinski definition) is 4. The van der Waals surface area contributed by atoms with Crippen molar-refractivity contribution in [3.8, 4) is 11.5 Å². The monoisotopic (exact) mass is 620 g/mol. The van der Waals surface area contributed by atoms with Crippen LogP contribution in [0, 0.1) is 21.3 Å². The van der Waals surface area contributed by atoms with Crippen molar-refractivity contribution >= 4 is 12.4 Å². The topological polar surface area (TPSA) is 65.2 Å². The van der Waals surface area contributed by atoms with E-state index in [0.717, 1.165) is 86.5 Å². The maximum atomic E-state index is 10.9. The van der Waals surface area contributed by atoms with Crippen LogP contribution in [0.4, 0.5) is 0 Å². The second-order valence-corrected chi connectivity index (χ2v) is 12.1. The molecule has 1 saturated carbocycles. The molecular weight excluding hydrogens is 563 g/mol. The van der Waals surface area contributed by atoms with Gasteiger partial charge >= 0.3 is 0 Å². The van der Waals surface area contributed by atoms with E-state index in [-0.39, 0.29) is 47.1 Å². The van der Waals surface area contributed by atoms with Crippen LogP contribution in [0.3, 0.4) is 0 Å². The maximum Gasteiger partial charge on any atom is 0.127 e. The molecule has 1 fully saturated rings. The third kappa shape index (κ3) is 7.88. The fraction of sp³-hybridized carbons (Fsp3) is 0.595. The first kappa shape index (κ1) is 37.9. The van der Waals surface area contributed by atoms with Crippen LogP contribution in [0.1, 0.15) is 139 Å². The molecular formula is C37H57CoN2O2-. The average molecular weight is 621 g/mol. The zero-order valence-corrected chi connectivity index (χ0v) is 28.9. The summed E-state index contributed by atoms with van der Waals surface area (Å²) in [5.74, 6) is 0.646. The molecule has 1 radical (unpaired) electrons. The van der Waals surface area contributed by atoms with Crippen LogP contribution in [0.15, 0.2) is 34.3 Å². The molecule has 2 unspecified atom stereocenters. The van der Waals surface area contributed by atoms with Gasteiger partial charge in [0, 0.05) is 40.3 Å². The van der Waals surface area contributed by atoms with Crippen LogP contribution in [-0.2, 0) is 27.6 Å². The third-order valence-electron chi connectivity index (χ3n) is 10.4. The number of hydrogen-bond donors (Lipinski definition) is 2. The summed E-state index contributed by atoms with van der Waals surface area (Å²) in [5.41, 5.74) is 6.26. The van der Waals surface area contributed by atoms with Gasteiger partial charge in [0.2, 0.25) is 0 Å². The van der Waals surface area contributed by atoms with Crippen molar-refractivity contribution in [2.45, 2.75) is 143 Å². The molecule has 2 atom stereocenters. The first-order valence-corrected chi connectivity index (χ1v) is 15.9. The number of rotatable bonds is 12. The van der Waals surface area contributed by atoms with Gasteiger partial charge in [0.05, 0.1) is 12.1 Å². The predicted octanol–water partition coefficient (Wildman–Crippen LogP) is 9.95. The average Bonchev–Trinajstić information content (AvgIpc) is 2.97. The number of aliphatic imine (C=N–C) groups is 2. The van der Waals surface area contributed by atoms with Crippen LogP contribution < -0.4 is 0 Å². The van der Waals surface area contributed by atoms with Gasteiger partial charge in [0.25, 0.3) is 0 Å². The Morgan fingerprint density at radius 3 is 1.24 bits per heavy atom. The molecule has 0 aromatic heterocycles. The molecule has 1 aliphatic carbocycles. The molecule has 0 spiro atoms. The van der Waals surface area contributed by atoms with Crippen molar-refractivity contribution in [2.24, 2.45) is 9.98 Å². The van der Waals surface area contributed by atoms with E-state index in [1.54, 1.807) is 0 Å². The van der Waals surface area contributed by atoms with Crippen molar-refractivity contribution < 1.29 is 27.0 Å². The second-order valence-electron chi connectivity index (χ2n) is 12.1. The van der Waals surface area contributed by atoms with E-state index in [9.17, 15) is 10.2 Å². The Balaban J connectivity index is 0.00000441. The number of aryl methyl sites for hydroxylation is 2. The Kier molecular flexibility index (Phi) is 15.0. The zero-order valence-electron chi connectivity index (χ0n) is 27.8. The van der Waals surface area contributed by atoms with Gasteiger partial charge < -0.3 is 17.6 Å². The van der Waals surface area contributed by atoms with Crippen molar-refractivity contribution in [1.29, 1.82) is 0 Å².